The molecule has 2 aliphatic rings. The Morgan fingerprint density at radius 2 is 1.39 bits per heavy atom. The molecule has 0 spiro atoms. The monoisotopic (exact) mass is 243 g/mol. The molecule has 2 saturated carbocycles. The van der Waals surface area contributed by atoms with Crippen molar-refractivity contribution in [2.45, 2.75) is 71.0 Å². The maximum atomic E-state index is 4.48. The van der Waals surface area contributed by atoms with Crippen LogP contribution in [0, 0.1) is 11.8 Å². The fourth-order valence-electron chi connectivity index (χ4n) is 3.79. The first-order valence-electron chi connectivity index (χ1n) is 8.01. The van der Waals surface area contributed by atoms with Gasteiger partial charge in [0.1, 0.15) is 7.28 Å². The van der Waals surface area contributed by atoms with Gasteiger partial charge >= 0.3 is 0 Å². The van der Waals surface area contributed by atoms with Crippen molar-refractivity contribution < 1.29 is 0 Å². The smallest absolute Gasteiger partial charge is 0.119 e. The third-order valence-electron chi connectivity index (χ3n) is 4.86. The van der Waals surface area contributed by atoms with Crippen molar-refractivity contribution in [3.63, 3.8) is 0 Å². The molecule has 0 unspecified atom stereocenters. The second kappa shape index (κ2) is 7.21. The highest BCUT2D eigenvalue weighted by molar-refractivity contribution is 6.40. The Balaban J connectivity index is 2.03. The lowest BCUT2D eigenvalue weighted by atomic mass is 9.69. The predicted molar refractivity (Wildman–Crippen MR) is 82.0 cm³/mol. The zero-order valence-electron chi connectivity index (χ0n) is 12.1. The Labute approximate surface area is 114 Å². The van der Waals surface area contributed by atoms with E-state index in [1.807, 2.05) is 0 Å². The molecule has 0 aromatic carbocycles. The molecule has 2 fully saturated rings. The zero-order valence-corrected chi connectivity index (χ0v) is 12.1. The van der Waals surface area contributed by atoms with Crippen LogP contribution in [-0.2, 0) is 0 Å². The van der Waals surface area contributed by atoms with Gasteiger partial charge in [0.25, 0.3) is 0 Å². The lowest BCUT2D eigenvalue weighted by Crippen LogP contribution is -2.17. The Bertz CT molecular complexity index is 291. The molecule has 2 rings (SSSR count). The molecule has 0 amide bonds. The van der Waals surface area contributed by atoms with E-state index in [0.29, 0.717) is 0 Å². The molecule has 0 atom stereocenters. The fourth-order valence-corrected chi connectivity index (χ4v) is 3.79. The highest BCUT2D eigenvalue weighted by Crippen LogP contribution is 2.39. The zero-order chi connectivity index (χ0) is 12.8. The Kier molecular flexibility index (Phi) is 5.60. The molecule has 1 radical (unpaired) electrons. The number of hydrogen-bond donors (Lipinski definition) is 0. The first kappa shape index (κ1) is 14.0. The minimum Gasteiger partial charge on any atom is -0.119 e. The van der Waals surface area contributed by atoms with Crippen LogP contribution >= 0.6 is 0 Å². The van der Waals surface area contributed by atoms with Crippen molar-refractivity contribution in [3.05, 3.63) is 23.7 Å². The third-order valence-corrected chi connectivity index (χ3v) is 4.86. The van der Waals surface area contributed by atoms with Gasteiger partial charge in [-0.25, -0.2) is 0 Å². The minimum absolute atomic E-state index is 0.784. The highest BCUT2D eigenvalue weighted by Gasteiger charge is 2.24. The maximum absolute atomic E-state index is 4.48. The molecular weight excluding hydrogens is 215 g/mol. The van der Waals surface area contributed by atoms with E-state index in [9.17, 15) is 0 Å². The average molecular weight is 243 g/mol. The van der Waals surface area contributed by atoms with Gasteiger partial charge in [-0.05, 0) is 43.1 Å². The topological polar surface area (TPSA) is 0 Å². The average Bonchev–Trinajstić information content (AvgIpc) is 2.46. The standard InChI is InChI=1S/C17H28B/c1-14(15-9-5-3-6-10-15)17(13-18-2)16-11-7-4-8-12-16/h13,15-16H,1,3-12H2,2H3. The summed E-state index contributed by atoms with van der Waals surface area (Å²) in [6, 6.07) is 0. The normalized spacial score (nSPS) is 23.9. The number of hydrogen-bond acceptors (Lipinski definition) is 0. The fraction of sp³-hybridized carbons (Fsp3) is 0.765. The van der Waals surface area contributed by atoms with Gasteiger partial charge in [-0.15, -0.1) is 5.98 Å². The highest BCUT2D eigenvalue weighted by atomic mass is 14.3. The van der Waals surface area contributed by atoms with Crippen LogP contribution in [0.2, 0.25) is 6.82 Å². The van der Waals surface area contributed by atoms with Crippen molar-refractivity contribution in [2.75, 3.05) is 0 Å². The van der Waals surface area contributed by atoms with E-state index < -0.39 is 0 Å². The second-order valence-electron chi connectivity index (χ2n) is 6.15. The van der Waals surface area contributed by atoms with Gasteiger partial charge in [0, 0.05) is 0 Å². The van der Waals surface area contributed by atoms with Crippen molar-refractivity contribution >= 4 is 7.28 Å². The van der Waals surface area contributed by atoms with Crippen LogP contribution in [0.4, 0.5) is 0 Å². The lowest BCUT2D eigenvalue weighted by Gasteiger charge is -2.31. The molecule has 0 saturated heterocycles. The van der Waals surface area contributed by atoms with E-state index in [0.717, 1.165) is 11.8 Å². The van der Waals surface area contributed by atoms with Crippen LogP contribution in [0.5, 0.6) is 0 Å². The number of rotatable bonds is 4. The van der Waals surface area contributed by atoms with Crippen molar-refractivity contribution in [3.8, 4) is 0 Å². The maximum Gasteiger partial charge on any atom is 0.138 e. The summed E-state index contributed by atoms with van der Waals surface area (Å²) in [6.45, 7) is 6.63. The van der Waals surface area contributed by atoms with Crippen molar-refractivity contribution in [1.82, 2.24) is 0 Å². The molecule has 0 aromatic heterocycles. The van der Waals surface area contributed by atoms with Crippen LogP contribution in [0.15, 0.2) is 23.7 Å². The number of allylic oxidation sites excluding steroid dienone is 2. The molecule has 0 nitrogen and oxygen atoms in total. The van der Waals surface area contributed by atoms with Crippen LogP contribution in [0.3, 0.4) is 0 Å². The van der Waals surface area contributed by atoms with Gasteiger partial charge < -0.3 is 0 Å². The third kappa shape index (κ3) is 3.52. The molecule has 0 aliphatic heterocycles. The van der Waals surface area contributed by atoms with Gasteiger partial charge in [0.2, 0.25) is 0 Å². The summed E-state index contributed by atoms with van der Waals surface area (Å²) in [5.74, 6) is 3.96. The van der Waals surface area contributed by atoms with E-state index in [1.54, 1.807) is 5.57 Å². The quantitative estimate of drug-likeness (QED) is 0.462. The van der Waals surface area contributed by atoms with Crippen LogP contribution in [0.25, 0.3) is 0 Å². The predicted octanol–water partition coefficient (Wildman–Crippen LogP) is 5.34. The van der Waals surface area contributed by atoms with Gasteiger partial charge in [0.15, 0.2) is 0 Å². The summed E-state index contributed by atoms with van der Waals surface area (Å²) in [7, 11) is 2.22. The Morgan fingerprint density at radius 3 is 1.89 bits per heavy atom. The summed E-state index contributed by atoms with van der Waals surface area (Å²) in [6.07, 6.45) is 14.1. The molecule has 0 aromatic rings. The van der Waals surface area contributed by atoms with Gasteiger partial charge in [0.05, 0.1) is 0 Å². The van der Waals surface area contributed by atoms with Crippen LogP contribution in [0.1, 0.15) is 64.2 Å². The van der Waals surface area contributed by atoms with E-state index in [1.165, 1.54) is 69.8 Å². The second-order valence-corrected chi connectivity index (χ2v) is 6.15. The van der Waals surface area contributed by atoms with Gasteiger partial charge in [-0.1, -0.05) is 57.5 Å². The molecule has 0 bridgehead atoms. The van der Waals surface area contributed by atoms with E-state index in [-0.39, 0.29) is 0 Å². The van der Waals surface area contributed by atoms with Crippen molar-refractivity contribution in [1.29, 1.82) is 0 Å². The molecular formula is C17H28B. The van der Waals surface area contributed by atoms with Gasteiger partial charge in [-0.2, -0.15) is 0 Å². The van der Waals surface area contributed by atoms with Gasteiger partial charge in [-0.3, -0.25) is 0 Å². The van der Waals surface area contributed by atoms with E-state index >= 15 is 0 Å². The summed E-state index contributed by atoms with van der Waals surface area (Å²) >= 11 is 0. The summed E-state index contributed by atoms with van der Waals surface area (Å²) in [5, 5.41) is 0. The Morgan fingerprint density at radius 1 is 0.889 bits per heavy atom. The Hall–Kier alpha value is -0.455. The largest absolute Gasteiger partial charge is 0.138 e. The molecule has 0 heterocycles. The lowest BCUT2D eigenvalue weighted by molar-refractivity contribution is 0.375. The summed E-state index contributed by atoms with van der Waals surface area (Å²) in [4.78, 5) is 0. The summed E-state index contributed by atoms with van der Waals surface area (Å²) in [5.41, 5.74) is 3.09. The van der Waals surface area contributed by atoms with Crippen LogP contribution in [-0.4, -0.2) is 7.28 Å². The van der Waals surface area contributed by atoms with E-state index in [2.05, 4.69) is 26.7 Å². The first-order chi connectivity index (χ1) is 8.83. The van der Waals surface area contributed by atoms with Crippen molar-refractivity contribution in [2.24, 2.45) is 11.8 Å². The molecule has 0 N–H and O–H groups in total. The molecule has 99 valence electrons. The molecule has 1 heteroatoms. The summed E-state index contributed by atoms with van der Waals surface area (Å²) < 4.78 is 0. The molecule has 2 aliphatic carbocycles. The van der Waals surface area contributed by atoms with Crippen LogP contribution < -0.4 is 0 Å². The molecule has 18 heavy (non-hydrogen) atoms. The first-order valence-corrected chi connectivity index (χ1v) is 8.01. The SMILES string of the molecule is C=C(C(=C[B]C)C1CCCCC1)C1CCCCC1. The minimum atomic E-state index is 0.784. The van der Waals surface area contributed by atoms with E-state index in [4.69, 9.17) is 0 Å².